The van der Waals surface area contributed by atoms with Gasteiger partial charge in [-0.1, -0.05) is 0 Å². The maximum atomic E-state index is 5.56. The molecule has 0 N–H and O–H groups in total. The third kappa shape index (κ3) is 2.31. The number of ether oxygens (including phenoxy) is 1. The van der Waals surface area contributed by atoms with Gasteiger partial charge in [0.2, 0.25) is 0 Å². The van der Waals surface area contributed by atoms with Gasteiger partial charge in [0.25, 0.3) is 0 Å². The second-order valence-corrected chi connectivity index (χ2v) is 5.01. The standard InChI is InChI=1S/C9H11BrOS/c10-8-3-4-12-9(8)6-11-5-7-1-2-7/h3-4,7H,1-2,5-6H2. The van der Waals surface area contributed by atoms with Crippen LogP contribution in [0.25, 0.3) is 0 Å². The monoisotopic (exact) mass is 246 g/mol. The summed E-state index contributed by atoms with van der Waals surface area (Å²) < 4.78 is 6.75. The number of thiophene rings is 1. The van der Waals surface area contributed by atoms with Gasteiger partial charge in [-0.3, -0.25) is 0 Å². The fourth-order valence-corrected chi connectivity index (χ4v) is 2.43. The van der Waals surface area contributed by atoms with E-state index >= 15 is 0 Å². The van der Waals surface area contributed by atoms with Crippen molar-refractivity contribution in [3.05, 3.63) is 20.8 Å². The smallest absolute Gasteiger partial charge is 0.0820 e. The van der Waals surface area contributed by atoms with Gasteiger partial charge in [0.15, 0.2) is 0 Å². The van der Waals surface area contributed by atoms with Crippen LogP contribution in [0.1, 0.15) is 17.7 Å². The largest absolute Gasteiger partial charge is 0.376 e. The zero-order valence-electron chi connectivity index (χ0n) is 6.75. The average Bonchev–Trinajstić information content (AvgIpc) is 2.78. The molecule has 1 heterocycles. The fourth-order valence-electron chi connectivity index (χ4n) is 1.03. The predicted molar refractivity (Wildman–Crippen MR) is 54.4 cm³/mol. The van der Waals surface area contributed by atoms with Crippen LogP contribution in [0.5, 0.6) is 0 Å². The van der Waals surface area contributed by atoms with Crippen LogP contribution < -0.4 is 0 Å². The van der Waals surface area contributed by atoms with Crippen molar-refractivity contribution in [2.24, 2.45) is 5.92 Å². The predicted octanol–water partition coefficient (Wildman–Crippen LogP) is 3.44. The number of halogens is 1. The van der Waals surface area contributed by atoms with E-state index in [4.69, 9.17) is 4.74 Å². The Morgan fingerprint density at radius 2 is 2.42 bits per heavy atom. The zero-order chi connectivity index (χ0) is 8.39. The maximum Gasteiger partial charge on any atom is 0.0820 e. The molecule has 66 valence electrons. The molecule has 0 spiro atoms. The summed E-state index contributed by atoms with van der Waals surface area (Å²) in [5.41, 5.74) is 0. The molecule has 0 unspecified atom stereocenters. The lowest BCUT2D eigenvalue weighted by Crippen LogP contribution is -1.95. The molecule has 1 nitrogen and oxygen atoms in total. The van der Waals surface area contributed by atoms with Gasteiger partial charge in [0, 0.05) is 16.0 Å². The van der Waals surface area contributed by atoms with Gasteiger partial charge in [-0.2, -0.15) is 0 Å². The van der Waals surface area contributed by atoms with E-state index in [9.17, 15) is 0 Å². The Bertz CT molecular complexity index is 255. The third-order valence-corrected chi connectivity index (χ3v) is 3.87. The molecule has 0 aliphatic heterocycles. The number of hydrogen-bond donors (Lipinski definition) is 0. The van der Waals surface area contributed by atoms with Gasteiger partial charge in [-0.15, -0.1) is 11.3 Å². The van der Waals surface area contributed by atoms with E-state index in [1.165, 1.54) is 22.2 Å². The van der Waals surface area contributed by atoms with E-state index in [0.717, 1.165) is 19.1 Å². The first kappa shape index (κ1) is 8.73. The molecule has 1 aliphatic carbocycles. The second-order valence-electron chi connectivity index (χ2n) is 3.15. The zero-order valence-corrected chi connectivity index (χ0v) is 9.16. The van der Waals surface area contributed by atoms with Crippen LogP contribution >= 0.6 is 27.3 Å². The lowest BCUT2D eigenvalue weighted by Gasteiger charge is -2.00. The molecule has 0 bridgehead atoms. The SMILES string of the molecule is Brc1ccsc1COCC1CC1. The van der Waals surface area contributed by atoms with Crippen LogP contribution in [-0.2, 0) is 11.3 Å². The molecule has 0 aromatic carbocycles. The molecule has 1 fully saturated rings. The normalized spacial score (nSPS) is 16.8. The summed E-state index contributed by atoms with van der Waals surface area (Å²) in [6, 6.07) is 2.07. The lowest BCUT2D eigenvalue weighted by molar-refractivity contribution is 0.113. The Labute approximate surface area is 84.9 Å². The highest BCUT2D eigenvalue weighted by molar-refractivity contribution is 9.10. The summed E-state index contributed by atoms with van der Waals surface area (Å²) in [4.78, 5) is 1.30. The Kier molecular flexibility index (Phi) is 2.84. The van der Waals surface area contributed by atoms with Gasteiger partial charge < -0.3 is 4.74 Å². The Hall–Kier alpha value is 0.140. The second kappa shape index (κ2) is 3.90. The van der Waals surface area contributed by atoms with E-state index in [1.807, 2.05) is 0 Å². The summed E-state index contributed by atoms with van der Waals surface area (Å²) in [6.45, 7) is 1.72. The highest BCUT2D eigenvalue weighted by Crippen LogP contribution is 2.30. The van der Waals surface area contributed by atoms with E-state index in [2.05, 4.69) is 27.4 Å². The molecule has 1 aromatic rings. The Morgan fingerprint density at radius 1 is 1.58 bits per heavy atom. The van der Waals surface area contributed by atoms with Crippen molar-refractivity contribution < 1.29 is 4.74 Å². The fraction of sp³-hybridized carbons (Fsp3) is 0.556. The van der Waals surface area contributed by atoms with Crippen molar-refractivity contribution in [3.8, 4) is 0 Å². The summed E-state index contributed by atoms with van der Waals surface area (Å²) in [5, 5.41) is 2.08. The average molecular weight is 247 g/mol. The first-order chi connectivity index (χ1) is 5.86. The summed E-state index contributed by atoms with van der Waals surface area (Å²) in [5.74, 6) is 0.865. The van der Waals surface area contributed by atoms with E-state index < -0.39 is 0 Å². The molecular formula is C9H11BrOS. The van der Waals surface area contributed by atoms with Crippen molar-refractivity contribution in [1.29, 1.82) is 0 Å². The lowest BCUT2D eigenvalue weighted by atomic mass is 10.4. The van der Waals surface area contributed by atoms with Crippen LogP contribution in [0, 0.1) is 5.92 Å². The summed E-state index contributed by atoms with van der Waals surface area (Å²) >= 11 is 5.23. The van der Waals surface area contributed by atoms with E-state index in [-0.39, 0.29) is 0 Å². The third-order valence-electron chi connectivity index (χ3n) is 1.97. The van der Waals surface area contributed by atoms with E-state index in [0.29, 0.717) is 0 Å². The molecule has 1 aliphatic rings. The molecule has 0 amide bonds. The van der Waals surface area contributed by atoms with Gasteiger partial charge in [0.1, 0.15) is 0 Å². The molecule has 2 rings (SSSR count). The van der Waals surface area contributed by atoms with Crippen LogP contribution in [0.2, 0.25) is 0 Å². The first-order valence-electron chi connectivity index (χ1n) is 4.16. The Balaban J connectivity index is 1.75. The Morgan fingerprint density at radius 3 is 3.00 bits per heavy atom. The summed E-state index contributed by atoms with van der Waals surface area (Å²) in [6.07, 6.45) is 2.73. The quantitative estimate of drug-likeness (QED) is 0.791. The van der Waals surface area contributed by atoms with E-state index in [1.54, 1.807) is 11.3 Å². The highest BCUT2D eigenvalue weighted by atomic mass is 79.9. The topological polar surface area (TPSA) is 9.23 Å². The highest BCUT2D eigenvalue weighted by Gasteiger charge is 2.21. The molecular weight excluding hydrogens is 236 g/mol. The van der Waals surface area contributed by atoms with Gasteiger partial charge in [-0.05, 0) is 46.1 Å². The van der Waals surface area contributed by atoms with Crippen molar-refractivity contribution in [1.82, 2.24) is 0 Å². The maximum absolute atomic E-state index is 5.56. The van der Waals surface area contributed by atoms with Crippen molar-refractivity contribution in [3.63, 3.8) is 0 Å². The minimum Gasteiger partial charge on any atom is -0.376 e. The summed E-state index contributed by atoms with van der Waals surface area (Å²) in [7, 11) is 0. The number of hydrogen-bond acceptors (Lipinski definition) is 2. The van der Waals surface area contributed by atoms with Crippen molar-refractivity contribution >= 4 is 27.3 Å². The first-order valence-corrected chi connectivity index (χ1v) is 5.83. The molecule has 0 atom stereocenters. The van der Waals surface area contributed by atoms with Crippen molar-refractivity contribution in [2.45, 2.75) is 19.4 Å². The minimum absolute atomic E-state index is 0.773. The number of rotatable bonds is 4. The van der Waals surface area contributed by atoms with Gasteiger partial charge in [-0.25, -0.2) is 0 Å². The van der Waals surface area contributed by atoms with Crippen LogP contribution in [0.3, 0.4) is 0 Å². The molecule has 12 heavy (non-hydrogen) atoms. The van der Waals surface area contributed by atoms with Crippen LogP contribution in [0.4, 0.5) is 0 Å². The molecule has 1 aromatic heterocycles. The van der Waals surface area contributed by atoms with Crippen LogP contribution in [-0.4, -0.2) is 6.61 Å². The van der Waals surface area contributed by atoms with Gasteiger partial charge in [0.05, 0.1) is 6.61 Å². The van der Waals surface area contributed by atoms with Crippen molar-refractivity contribution in [2.75, 3.05) is 6.61 Å². The molecule has 3 heteroatoms. The molecule has 0 saturated heterocycles. The molecule has 0 radical (unpaired) electrons. The minimum atomic E-state index is 0.773. The van der Waals surface area contributed by atoms with Gasteiger partial charge >= 0.3 is 0 Å². The molecule has 1 saturated carbocycles. The van der Waals surface area contributed by atoms with Crippen LogP contribution in [0.15, 0.2) is 15.9 Å².